The summed E-state index contributed by atoms with van der Waals surface area (Å²) in [6, 6.07) is 7.88. The molecule has 126 valence electrons. The molecule has 1 aliphatic heterocycles. The van der Waals surface area contributed by atoms with Crippen LogP contribution in [0.1, 0.15) is 55.3 Å². The lowest BCUT2D eigenvalue weighted by Gasteiger charge is -2.37. The van der Waals surface area contributed by atoms with Crippen molar-refractivity contribution in [1.82, 2.24) is 5.32 Å². The van der Waals surface area contributed by atoms with Crippen molar-refractivity contribution in [2.45, 2.75) is 56.6 Å². The first kappa shape index (κ1) is 14.5. The van der Waals surface area contributed by atoms with E-state index in [9.17, 15) is 9.59 Å². The molecular formula is C20H23NO3. The zero-order valence-corrected chi connectivity index (χ0v) is 13.8. The number of para-hydroxylation sites is 1. The maximum absolute atomic E-state index is 12.7. The first-order valence-corrected chi connectivity index (χ1v) is 9.30. The summed E-state index contributed by atoms with van der Waals surface area (Å²) in [6.45, 7) is 0. The summed E-state index contributed by atoms with van der Waals surface area (Å²) < 4.78 is 6.35. The number of hydrogen-bond acceptors (Lipinski definition) is 3. The van der Waals surface area contributed by atoms with Crippen LogP contribution in [0.15, 0.2) is 24.3 Å². The van der Waals surface area contributed by atoms with E-state index in [1.807, 2.05) is 24.3 Å². The third kappa shape index (κ3) is 2.04. The van der Waals surface area contributed by atoms with Crippen molar-refractivity contribution < 1.29 is 14.3 Å². The molecule has 1 N–H and O–H groups in total. The van der Waals surface area contributed by atoms with Gasteiger partial charge in [-0.15, -0.1) is 0 Å². The van der Waals surface area contributed by atoms with E-state index in [0.717, 1.165) is 25.7 Å². The second-order valence-electron chi connectivity index (χ2n) is 8.01. The highest BCUT2D eigenvalue weighted by atomic mass is 16.5. The first-order chi connectivity index (χ1) is 11.7. The number of carbonyl (C=O) groups is 2. The number of benzene rings is 1. The van der Waals surface area contributed by atoms with Crippen molar-refractivity contribution in [1.29, 1.82) is 0 Å². The predicted molar refractivity (Wildman–Crippen MR) is 88.9 cm³/mol. The van der Waals surface area contributed by atoms with E-state index >= 15 is 0 Å². The number of Topliss-reactive ketones (excluding diaryl/α,β-unsaturated/α-hetero) is 1. The van der Waals surface area contributed by atoms with Gasteiger partial charge in [0.05, 0.1) is 12.0 Å². The van der Waals surface area contributed by atoms with Crippen LogP contribution in [0.2, 0.25) is 0 Å². The molecule has 0 radical (unpaired) electrons. The number of nitrogens with one attached hydrogen (secondary N) is 1. The SMILES string of the molecule is O=C1C[C@@]2(CC[C@H]3[C@@H](C(=O)NC4CCCC4)[C@@H]32)Oc2ccccc21. The van der Waals surface area contributed by atoms with Gasteiger partial charge in [0.15, 0.2) is 5.78 Å². The molecule has 3 saturated carbocycles. The van der Waals surface area contributed by atoms with Gasteiger partial charge in [-0.3, -0.25) is 9.59 Å². The lowest BCUT2D eigenvalue weighted by Crippen LogP contribution is -2.45. The molecule has 0 bridgehead atoms. The van der Waals surface area contributed by atoms with Gasteiger partial charge < -0.3 is 10.1 Å². The van der Waals surface area contributed by atoms with Gasteiger partial charge in [0.25, 0.3) is 0 Å². The number of carbonyl (C=O) groups excluding carboxylic acids is 2. The standard InChI is InChI=1S/C20H23NO3/c22-15-11-20(24-16-8-4-3-7-13(15)16)10-9-14-17(18(14)20)19(23)21-12-5-1-2-6-12/h3-4,7-8,12,14,17-18H,1-2,5-6,9-11H2,(H,21,23)/t14-,17+,18+,20+/m0/s1. The van der Waals surface area contributed by atoms with E-state index < -0.39 is 5.60 Å². The lowest BCUT2D eigenvalue weighted by atomic mass is 9.84. The van der Waals surface area contributed by atoms with Crippen molar-refractivity contribution in [3.63, 3.8) is 0 Å². The van der Waals surface area contributed by atoms with E-state index in [-0.39, 0.29) is 23.5 Å². The number of ketones is 1. The average molecular weight is 325 g/mol. The molecule has 1 aromatic carbocycles. The fourth-order valence-electron chi connectivity index (χ4n) is 5.49. The van der Waals surface area contributed by atoms with Gasteiger partial charge in [-0.1, -0.05) is 25.0 Å². The normalized spacial score (nSPS) is 37.0. The Morgan fingerprint density at radius 3 is 2.79 bits per heavy atom. The van der Waals surface area contributed by atoms with E-state index in [4.69, 9.17) is 4.74 Å². The maximum atomic E-state index is 12.7. The summed E-state index contributed by atoms with van der Waals surface area (Å²) in [5.41, 5.74) is 0.257. The molecule has 24 heavy (non-hydrogen) atoms. The van der Waals surface area contributed by atoms with E-state index in [0.29, 0.717) is 29.7 Å². The molecule has 0 unspecified atom stereocenters. The third-order valence-electron chi connectivity index (χ3n) is 6.64. The van der Waals surface area contributed by atoms with Crippen molar-refractivity contribution in [3.8, 4) is 5.75 Å². The van der Waals surface area contributed by atoms with Crippen LogP contribution in [0.4, 0.5) is 0 Å². The number of amides is 1. The van der Waals surface area contributed by atoms with Crippen LogP contribution >= 0.6 is 0 Å². The van der Waals surface area contributed by atoms with Gasteiger partial charge in [-0.25, -0.2) is 0 Å². The Morgan fingerprint density at radius 1 is 1.17 bits per heavy atom. The van der Waals surface area contributed by atoms with Gasteiger partial charge in [0.1, 0.15) is 11.4 Å². The molecule has 1 aromatic rings. The summed E-state index contributed by atoms with van der Waals surface area (Å²) in [4.78, 5) is 25.3. The van der Waals surface area contributed by atoms with Crippen molar-refractivity contribution in [2.75, 3.05) is 0 Å². The summed E-state index contributed by atoms with van der Waals surface area (Å²) in [6.07, 6.45) is 7.00. The minimum Gasteiger partial charge on any atom is -0.486 e. The monoisotopic (exact) mass is 325 g/mol. The van der Waals surface area contributed by atoms with Crippen LogP contribution in [0.3, 0.4) is 0 Å². The van der Waals surface area contributed by atoms with Gasteiger partial charge in [0.2, 0.25) is 5.91 Å². The topological polar surface area (TPSA) is 55.4 Å². The highest BCUT2D eigenvalue weighted by Crippen LogP contribution is 2.65. The Hall–Kier alpha value is -1.84. The van der Waals surface area contributed by atoms with Crippen molar-refractivity contribution in [2.24, 2.45) is 17.8 Å². The van der Waals surface area contributed by atoms with Crippen LogP contribution < -0.4 is 10.1 Å². The van der Waals surface area contributed by atoms with Gasteiger partial charge in [-0.05, 0) is 43.7 Å². The van der Waals surface area contributed by atoms with Crippen LogP contribution in [0.25, 0.3) is 0 Å². The quantitative estimate of drug-likeness (QED) is 0.909. The molecule has 1 heterocycles. The zero-order valence-electron chi connectivity index (χ0n) is 13.8. The molecule has 4 nitrogen and oxygen atoms in total. The minimum absolute atomic E-state index is 0.0532. The Bertz CT molecular complexity index is 709. The summed E-state index contributed by atoms with van der Waals surface area (Å²) in [5, 5.41) is 3.24. The fourth-order valence-corrected chi connectivity index (χ4v) is 5.49. The number of ether oxygens (including phenoxy) is 1. The predicted octanol–water partition coefficient (Wildman–Crippen LogP) is 3.11. The molecule has 4 heteroatoms. The lowest BCUT2D eigenvalue weighted by molar-refractivity contribution is -0.124. The molecule has 4 atom stereocenters. The molecular weight excluding hydrogens is 302 g/mol. The maximum Gasteiger partial charge on any atom is 0.224 e. The fraction of sp³-hybridized carbons (Fsp3) is 0.600. The van der Waals surface area contributed by atoms with E-state index in [1.54, 1.807) is 0 Å². The number of rotatable bonds is 2. The Morgan fingerprint density at radius 2 is 1.96 bits per heavy atom. The second-order valence-corrected chi connectivity index (χ2v) is 8.01. The molecule has 4 aliphatic rings. The van der Waals surface area contributed by atoms with Gasteiger partial charge in [-0.2, -0.15) is 0 Å². The molecule has 1 spiro atoms. The average Bonchev–Trinajstić information content (AvgIpc) is 2.91. The molecule has 0 aromatic heterocycles. The summed E-state index contributed by atoms with van der Waals surface area (Å²) >= 11 is 0. The van der Waals surface area contributed by atoms with E-state index in [1.165, 1.54) is 12.8 Å². The van der Waals surface area contributed by atoms with Crippen LogP contribution in [0.5, 0.6) is 5.75 Å². The Balaban J connectivity index is 1.35. The molecule has 0 saturated heterocycles. The smallest absolute Gasteiger partial charge is 0.224 e. The summed E-state index contributed by atoms with van der Waals surface area (Å²) in [5.74, 6) is 1.75. The number of fused-ring (bicyclic) bond motifs is 3. The van der Waals surface area contributed by atoms with Crippen LogP contribution in [0, 0.1) is 17.8 Å². The highest BCUT2D eigenvalue weighted by Gasteiger charge is 2.70. The largest absolute Gasteiger partial charge is 0.486 e. The minimum atomic E-state index is -0.437. The van der Waals surface area contributed by atoms with Gasteiger partial charge >= 0.3 is 0 Å². The third-order valence-corrected chi connectivity index (χ3v) is 6.64. The zero-order chi connectivity index (χ0) is 16.3. The molecule has 3 aliphatic carbocycles. The van der Waals surface area contributed by atoms with Crippen molar-refractivity contribution in [3.05, 3.63) is 29.8 Å². The molecule has 1 amide bonds. The molecule has 5 rings (SSSR count). The highest BCUT2D eigenvalue weighted by molar-refractivity contribution is 6.00. The molecule has 3 fully saturated rings. The van der Waals surface area contributed by atoms with Gasteiger partial charge in [0, 0.05) is 17.9 Å². The summed E-state index contributed by atoms with van der Waals surface area (Å²) in [7, 11) is 0. The Labute approximate surface area is 142 Å². The van der Waals surface area contributed by atoms with Crippen LogP contribution in [-0.2, 0) is 4.79 Å². The van der Waals surface area contributed by atoms with Crippen molar-refractivity contribution >= 4 is 11.7 Å². The second kappa shape index (κ2) is 5.08. The van der Waals surface area contributed by atoms with E-state index in [2.05, 4.69) is 5.32 Å². The first-order valence-electron chi connectivity index (χ1n) is 9.30. The number of hydrogen-bond donors (Lipinski definition) is 1. The van der Waals surface area contributed by atoms with Crippen LogP contribution in [-0.4, -0.2) is 23.3 Å². The Kier molecular flexibility index (Phi) is 3.07.